The average molecular weight is 287 g/mol. The summed E-state index contributed by atoms with van der Waals surface area (Å²) in [5, 5.41) is 9.61. The second-order valence-electron chi connectivity index (χ2n) is 3.03. The molecule has 0 fully saturated rings. The van der Waals surface area contributed by atoms with E-state index in [1.54, 1.807) is 12.1 Å². The molecule has 0 unspecified atom stereocenters. The molecule has 4 nitrogen and oxygen atoms in total. The SMILES string of the molecule is O=C(O)c1ccccc1C(=O)OCCCBr. The van der Waals surface area contributed by atoms with Gasteiger partial charge in [-0.1, -0.05) is 28.1 Å². The van der Waals surface area contributed by atoms with Gasteiger partial charge >= 0.3 is 11.9 Å². The fourth-order valence-corrected chi connectivity index (χ4v) is 1.37. The number of alkyl halides is 1. The lowest BCUT2D eigenvalue weighted by molar-refractivity contribution is 0.0496. The van der Waals surface area contributed by atoms with E-state index in [1.807, 2.05) is 0 Å². The van der Waals surface area contributed by atoms with Crippen LogP contribution >= 0.6 is 15.9 Å². The molecule has 86 valence electrons. The highest BCUT2D eigenvalue weighted by molar-refractivity contribution is 9.09. The van der Waals surface area contributed by atoms with Crippen molar-refractivity contribution in [2.45, 2.75) is 6.42 Å². The van der Waals surface area contributed by atoms with Crippen LogP contribution in [0.25, 0.3) is 0 Å². The Bertz CT molecular complexity index is 389. The van der Waals surface area contributed by atoms with Gasteiger partial charge in [0.2, 0.25) is 0 Å². The topological polar surface area (TPSA) is 63.6 Å². The summed E-state index contributed by atoms with van der Waals surface area (Å²) in [7, 11) is 0. The fourth-order valence-electron chi connectivity index (χ4n) is 1.14. The summed E-state index contributed by atoms with van der Waals surface area (Å²) in [6, 6.07) is 6.00. The molecule has 0 aliphatic carbocycles. The van der Waals surface area contributed by atoms with Gasteiger partial charge in [0.1, 0.15) is 0 Å². The predicted molar refractivity (Wildman–Crippen MR) is 62.1 cm³/mol. The van der Waals surface area contributed by atoms with E-state index in [-0.39, 0.29) is 17.7 Å². The molecular formula is C11H11BrO4. The van der Waals surface area contributed by atoms with Crippen LogP contribution in [0.1, 0.15) is 27.1 Å². The minimum Gasteiger partial charge on any atom is -0.478 e. The number of halogens is 1. The second-order valence-corrected chi connectivity index (χ2v) is 3.82. The van der Waals surface area contributed by atoms with Crippen molar-refractivity contribution in [3.63, 3.8) is 0 Å². The maximum Gasteiger partial charge on any atom is 0.339 e. The quantitative estimate of drug-likeness (QED) is 0.513. The molecule has 0 saturated carbocycles. The Morgan fingerprint density at radius 3 is 2.44 bits per heavy atom. The highest BCUT2D eigenvalue weighted by Gasteiger charge is 2.16. The van der Waals surface area contributed by atoms with Crippen LogP contribution in [0.4, 0.5) is 0 Å². The van der Waals surface area contributed by atoms with E-state index in [9.17, 15) is 9.59 Å². The van der Waals surface area contributed by atoms with Gasteiger partial charge in [0.25, 0.3) is 0 Å². The summed E-state index contributed by atoms with van der Waals surface area (Å²) in [4.78, 5) is 22.4. The number of carboxylic acid groups (broad SMARTS) is 1. The lowest BCUT2D eigenvalue weighted by Gasteiger charge is -2.05. The summed E-state index contributed by atoms with van der Waals surface area (Å²) in [5.74, 6) is -1.73. The molecular weight excluding hydrogens is 276 g/mol. The first-order valence-electron chi connectivity index (χ1n) is 4.72. The Hall–Kier alpha value is -1.36. The Kier molecular flexibility index (Phi) is 4.98. The van der Waals surface area contributed by atoms with Crippen LogP contribution in [0.3, 0.4) is 0 Å². The number of ether oxygens (including phenoxy) is 1. The molecule has 0 saturated heterocycles. The number of benzene rings is 1. The summed E-state index contributed by atoms with van der Waals surface area (Å²) in [5.41, 5.74) is 0.0518. The minimum atomic E-state index is -1.13. The summed E-state index contributed by atoms with van der Waals surface area (Å²) >= 11 is 3.21. The van der Waals surface area contributed by atoms with E-state index in [0.717, 1.165) is 5.33 Å². The Morgan fingerprint density at radius 2 is 1.88 bits per heavy atom. The second kappa shape index (κ2) is 6.27. The predicted octanol–water partition coefficient (Wildman–Crippen LogP) is 2.33. The van der Waals surface area contributed by atoms with Crippen molar-refractivity contribution in [1.82, 2.24) is 0 Å². The molecule has 0 spiro atoms. The first kappa shape index (κ1) is 12.7. The molecule has 0 aromatic heterocycles. The Morgan fingerprint density at radius 1 is 1.25 bits per heavy atom. The summed E-state index contributed by atoms with van der Waals surface area (Å²) < 4.78 is 4.93. The van der Waals surface area contributed by atoms with Crippen LogP contribution in [0.2, 0.25) is 0 Å². The molecule has 0 amide bonds. The lowest BCUT2D eigenvalue weighted by Crippen LogP contribution is -2.12. The van der Waals surface area contributed by atoms with Crippen LogP contribution in [0.15, 0.2) is 24.3 Å². The van der Waals surface area contributed by atoms with Gasteiger partial charge in [-0.05, 0) is 18.6 Å². The third kappa shape index (κ3) is 3.34. The van der Waals surface area contributed by atoms with E-state index in [1.165, 1.54) is 12.1 Å². The zero-order valence-corrected chi connectivity index (χ0v) is 10.1. The van der Waals surface area contributed by atoms with Crippen molar-refractivity contribution in [3.8, 4) is 0 Å². The van der Waals surface area contributed by atoms with E-state index >= 15 is 0 Å². The van der Waals surface area contributed by atoms with Crippen molar-refractivity contribution in [2.24, 2.45) is 0 Å². The van der Waals surface area contributed by atoms with Gasteiger partial charge in [-0.2, -0.15) is 0 Å². The van der Waals surface area contributed by atoms with E-state index in [2.05, 4.69) is 15.9 Å². The number of carbonyl (C=O) groups is 2. The van der Waals surface area contributed by atoms with Gasteiger partial charge in [0.05, 0.1) is 17.7 Å². The van der Waals surface area contributed by atoms with Crippen LogP contribution in [-0.4, -0.2) is 29.0 Å². The highest BCUT2D eigenvalue weighted by Crippen LogP contribution is 2.10. The first-order chi connectivity index (χ1) is 7.66. The smallest absolute Gasteiger partial charge is 0.339 e. The molecule has 1 aromatic rings. The number of hydrogen-bond donors (Lipinski definition) is 1. The zero-order chi connectivity index (χ0) is 12.0. The number of esters is 1. The van der Waals surface area contributed by atoms with Gasteiger partial charge in [0.15, 0.2) is 0 Å². The molecule has 1 rings (SSSR count). The summed E-state index contributed by atoms with van der Waals surface area (Å²) in [6.45, 7) is 0.276. The van der Waals surface area contributed by atoms with Crippen LogP contribution in [0, 0.1) is 0 Å². The van der Waals surface area contributed by atoms with Gasteiger partial charge in [0, 0.05) is 5.33 Å². The highest BCUT2D eigenvalue weighted by atomic mass is 79.9. The molecule has 0 bridgehead atoms. The maximum atomic E-state index is 11.5. The van der Waals surface area contributed by atoms with Crippen LogP contribution in [0.5, 0.6) is 0 Å². The minimum absolute atomic E-state index is 0.0358. The summed E-state index contributed by atoms with van der Waals surface area (Å²) in [6.07, 6.45) is 0.695. The van der Waals surface area contributed by atoms with E-state index in [0.29, 0.717) is 6.42 Å². The number of carboxylic acids is 1. The van der Waals surface area contributed by atoms with Crippen molar-refractivity contribution in [1.29, 1.82) is 0 Å². The van der Waals surface area contributed by atoms with Gasteiger partial charge in [-0.15, -0.1) is 0 Å². The van der Waals surface area contributed by atoms with E-state index in [4.69, 9.17) is 9.84 Å². The Labute approximate surface area is 101 Å². The Balaban J connectivity index is 2.78. The molecule has 1 aromatic carbocycles. The third-order valence-corrected chi connectivity index (χ3v) is 2.45. The largest absolute Gasteiger partial charge is 0.478 e. The zero-order valence-electron chi connectivity index (χ0n) is 8.48. The van der Waals surface area contributed by atoms with Crippen molar-refractivity contribution in [3.05, 3.63) is 35.4 Å². The molecule has 0 atom stereocenters. The molecule has 16 heavy (non-hydrogen) atoms. The average Bonchev–Trinajstić information content (AvgIpc) is 2.29. The monoisotopic (exact) mass is 286 g/mol. The van der Waals surface area contributed by atoms with Gasteiger partial charge in [-0.3, -0.25) is 0 Å². The van der Waals surface area contributed by atoms with Crippen LogP contribution in [-0.2, 0) is 4.74 Å². The van der Waals surface area contributed by atoms with Crippen molar-refractivity contribution < 1.29 is 19.4 Å². The van der Waals surface area contributed by atoms with Crippen molar-refractivity contribution in [2.75, 3.05) is 11.9 Å². The van der Waals surface area contributed by atoms with Gasteiger partial charge < -0.3 is 9.84 Å². The number of aromatic carboxylic acids is 1. The number of hydrogen-bond acceptors (Lipinski definition) is 3. The lowest BCUT2D eigenvalue weighted by atomic mass is 10.1. The molecule has 5 heteroatoms. The third-order valence-electron chi connectivity index (χ3n) is 1.89. The molecule has 1 N–H and O–H groups in total. The van der Waals surface area contributed by atoms with Crippen molar-refractivity contribution >= 4 is 27.9 Å². The standard InChI is InChI=1S/C11H11BrO4/c12-6-3-7-16-11(15)9-5-2-1-4-8(9)10(13)14/h1-2,4-5H,3,6-7H2,(H,13,14). The normalized spacial score (nSPS) is 9.81. The fraction of sp³-hybridized carbons (Fsp3) is 0.273. The first-order valence-corrected chi connectivity index (χ1v) is 5.84. The van der Waals surface area contributed by atoms with Gasteiger partial charge in [-0.25, -0.2) is 9.59 Å². The van der Waals surface area contributed by atoms with Crippen LogP contribution < -0.4 is 0 Å². The van der Waals surface area contributed by atoms with E-state index < -0.39 is 11.9 Å². The maximum absolute atomic E-state index is 11.5. The molecule has 0 aliphatic rings. The molecule has 0 heterocycles. The molecule has 0 aliphatic heterocycles. The number of rotatable bonds is 5. The molecule has 0 radical (unpaired) electrons. The number of carbonyl (C=O) groups excluding carboxylic acids is 1.